The lowest BCUT2D eigenvalue weighted by molar-refractivity contribution is 0.418. The molecule has 2 rings (SSSR count). The average molecular weight is 318 g/mol. The largest absolute Gasteiger partial charge is 0.308 e. The molecule has 0 fully saturated rings. The number of thioether (sulfide) groups is 1. The van der Waals surface area contributed by atoms with Gasteiger partial charge in [-0.05, 0) is 37.3 Å². The van der Waals surface area contributed by atoms with Crippen molar-refractivity contribution in [1.82, 2.24) is 10.3 Å². The van der Waals surface area contributed by atoms with Crippen LogP contribution in [0.3, 0.4) is 0 Å². The zero-order valence-corrected chi connectivity index (χ0v) is 14.4. The molecule has 0 aliphatic heterocycles. The summed E-state index contributed by atoms with van der Waals surface area (Å²) in [4.78, 5) is 5.68. The first kappa shape index (κ1) is 17.0. The number of rotatable bonds is 6. The van der Waals surface area contributed by atoms with Crippen molar-refractivity contribution in [1.29, 1.82) is 0 Å². The van der Waals surface area contributed by atoms with Crippen LogP contribution in [0.25, 0.3) is 11.3 Å². The quantitative estimate of drug-likeness (QED) is 0.778. The predicted octanol–water partition coefficient (Wildman–Crippen LogP) is 4.74. The van der Waals surface area contributed by atoms with Crippen LogP contribution in [0, 0.1) is 11.7 Å². The molecule has 118 valence electrons. The van der Waals surface area contributed by atoms with Crippen LogP contribution < -0.4 is 5.32 Å². The Balaban J connectivity index is 2.26. The summed E-state index contributed by atoms with van der Waals surface area (Å²) in [6.07, 6.45) is 2.04. The zero-order chi connectivity index (χ0) is 16.1. The van der Waals surface area contributed by atoms with Gasteiger partial charge in [-0.3, -0.25) is 0 Å². The fourth-order valence-electron chi connectivity index (χ4n) is 2.11. The number of nitrogens with zero attached hydrogens (tertiary/aromatic N) is 1. The van der Waals surface area contributed by atoms with E-state index in [1.54, 1.807) is 17.8 Å². The van der Waals surface area contributed by atoms with Gasteiger partial charge < -0.3 is 5.32 Å². The van der Waals surface area contributed by atoms with Crippen LogP contribution in [0.1, 0.15) is 26.5 Å². The molecule has 0 aliphatic rings. The Bertz CT molecular complexity index is 628. The van der Waals surface area contributed by atoms with E-state index in [-0.39, 0.29) is 5.82 Å². The predicted molar refractivity (Wildman–Crippen MR) is 92.6 cm³/mol. The van der Waals surface area contributed by atoms with Crippen molar-refractivity contribution >= 4 is 11.8 Å². The van der Waals surface area contributed by atoms with Gasteiger partial charge in [0, 0.05) is 23.0 Å². The van der Waals surface area contributed by atoms with E-state index in [0.29, 0.717) is 24.2 Å². The molecule has 2 aromatic rings. The molecule has 2 nitrogen and oxygen atoms in total. The summed E-state index contributed by atoms with van der Waals surface area (Å²) in [5.74, 6) is 0.248. The lowest BCUT2D eigenvalue weighted by atomic mass is 10.1. The average Bonchev–Trinajstić information content (AvgIpc) is 2.53. The number of hydrogen-bond donors (Lipinski definition) is 1. The SMILES string of the molecule is CSc1ccccc1-c1ccc(F)c(CN[C@H](C)C(C)C)n1. The first-order valence-electron chi connectivity index (χ1n) is 7.55. The van der Waals surface area contributed by atoms with Gasteiger partial charge in [0.1, 0.15) is 5.82 Å². The lowest BCUT2D eigenvalue weighted by Crippen LogP contribution is -2.30. The second-order valence-corrected chi connectivity index (χ2v) is 6.59. The van der Waals surface area contributed by atoms with Crippen LogP contribution in [-0.4, -0.2) is 17.3 Å². The third-order valence-electron chi connectivity index (χ3n) is 3.89. The molecule has 0 saturated heterocycles. The summed E-state index contributed by atoms with van der Waals surface area (Å²) < 4.78 is 14.0. The van der Waals surface area contributed by atoms with Gasteiger partial charge >= 0.3 is 0 Å². The molecule has 0 amide bonds. The van der Waals surface area contributed by atoms with Crippen molar-refractivity contribution in [2.24, 2.45) is 5.92 Å². The minimum atomic E-state index is -0.256. The Kier molecular flexibility index (Phi) is 5.98. The zero-order valence-electron chi connectivity index (χ0n) is 13.6. The molecule has 1 N–H and O–H groups in total. The number of aromatic nitrogens is 1. The molecule has 22 heavy (non-hydrogen) atoms. The van der Waals surface area contributed by atoms with E-state index in [0.717, 1.165) is 16.2 Å². The van der Waals surface area contributed by atoms with E-state index in [1.807, 2.05) is 24.5 Å². The monoisotopic (exact) mass is 318 g/mol. The molecule has 0 radical (unpaired) electrons. The highest BCUT2D eigenvalue weighted by Crippen LogP contribution is 2.29. The minimum absolute atomic E-state index is 0.256. The van der Waals surface area contributed by atoms with Crippen LogP contribution in [0.5, 0.6) is 0 Å². The summed E-state index contributed by atoms with van der Waals surface area (Å²) in [6.45, 7) is 6.84. The first-order valence-corrected chi connectivity index (χ1v) is 8.77. The van der Waals surface area contributed by atoms with Gasteiger partial charge in [-0.15, -0.1) is 11.8 Å². The van der Waals surface area contributed by atoms with Gasteiger partial charge in [0.25, 0.3) is 0 Å². The van der Waals surface area contributed by atoms with Gasteiger partial charge in [0.2, 0.25) is 0 Å². The highest BCUT2D eigenvalue weighted by molar-refractivity contribution is 7.98. The van der Waals surface area contributed by atoms with E-state index < -0.39 is 0 Å². The second kappa shape index (κ2) is 7.75. The van der Waals surface area contributed by atoms with Crippen LogP contribution in [-0.2, 0) is 6.54 Å². The Morgan fingerprint density at radius 3 is 2.55 bits per heavy atom. The Morgan fingerprint density at radius 1 is 1.14 bits per heavy atom. The van der Waals surface area contributed by atoms with Gasteiger partial charge in [-0.25, -0.2) is 9.37 Å². The molecule has 4 heteroatoms. The number of pyridine rings is 1. The molecular weight excluding hydrogens is 295 g/mol. The third kappa shape index (κ3) is 4.08. The third-order valence-corrected chi connectivity index (χ3v) is 4.69. The van der Waals surface area contributed by atoms with Crippen molar-refractivity contribution in [2.75, 3.05) is 6.26 Å². The van der Waals surface area contributed by atoms with Gasteiger partial charge in [-0.1, -0.05) is 32.0 Å². The van der Waals surface area contributed by atoms with Gasteiger partial charge in [0.05, 0.1) is 11.4 Å². The van der Waals surface area contributed by atoms with Crippen LogP contribution in [0.2, 0.25) is 0 Å². The fraction of sp³-hybridized carbons (Fsp3) is 0.389. The molecule has 1 atom stereocenters. The van der Waals surface area contributed by atoms with Crippen molar-refractivity contribution in [2.45, 2.75) is 38.3 Å². The molecule has 0 spiro atoms. The Morgan fingerprint density at radius 2 is 1.86 bits per heavy atom. The summed E-state index contributed by atoms with van der Waals surface area (Å²) in [6, 6.07) is 11.7. The maximum absolute atomic E-state index is 14.0. The van der Waals surface area contributed by atoms with Crippen LogP contribution in [0.15, 0.2) is 41.3 Å². The molecule has 0 aliphatic carbocycles. The number of nitrogens with one attached hydrogen (secondary N) is 1. The number of halogens is 1. The van der Waals surface area contributed by atoms with Crippen LogP contribution >= 0.6 is 11.8 Å². The molecule has 0 bridgehead atoms. The standard InChI is InChI=1S/C18H23FN2S/c1-12(2)13(3)20-11-17-15(19)9-10-16(21-17)14-7-5-6-8-18(14)22-4/h5-10,12-13,20H,11H2,1-4H3/t13-/m1/s1. The smallest absolute Gasteiger partial charge is 0.146 e. The number of benzene rings is 1. The molecule has 1 aromatic heterocycles. The molecule has 0 saturated carbocycles. The Hall–Kier alpha value is -1.39. The van der Waals surface area contributed by atoms with Crippen LogP contribution in [0.4, 0.5) is 4.39 Å². The highest BCUT2D eigenvalue weighted by Gasteiger charge is 2.12. The van der Waals surface area contributed by atoms with E-state index in [2.05, 4.69) is 37.1 Å². The van der Waals surface area contributed by atoms with Crippen molar-refractivity contribution < 1.29 is 4.39 Å². The van der Waals surface area contributed by atoms with E-state index in [4.69, 9.17) is 0 Å². The molecule has 0 unspecified atom stereocenters. The van der Waals surface area contributed by atoms with E-state index in [9.17, 15) is 4.39 Å². The summed E-state index contributed by atoms with van der Waals surface area (Å²) in [5.41, 5.74) is 2.34. The summed E-state index contributed by atoms with van der Waals surface area (Å²) in [7, 11) is 0. The molecule has 1 aromatic carbocycles. The van der Waals surface area contributed by atoms with E-state index in [1.165, 1.54) is 6.07 Å². The normalized spacial score (nSPS) is 12.6. The maximum Gasteiger partial charge on any atom is 0.146 e. The highest BCUT2D eigenvalue weighted by atomic mass is 32.2. The second-order valence-electron chi connectivity index (χ2n) is 5.74. The summed E-state index contributed by atoms with van der Waals surface area (Å²) in [5, 5.41) is 3.34. The Labute approximate surface area is 136 Å². The molecule has 1 heterocycles. The fourth-order valence-corrected chi connectivity index (χ4v) is 2.72. The first-order chi connectivity index (χ1) is 10.5. The number of hydrogen-bond acceptors (Lipinski definition) is 3. The van der Waals surface area contributed by atoms with E-state index >= 15 is 0 Å². The lowest BCUT2D eigenvalue weighted by Gasteiger charge is -2.17. The topological polar surface area (TPSA) is 24.9 Å². The van der Waals surface area contributed by atoms with Crippen molar-refractivity contribution in [3.05, 3.63) is 47.9 Å². The van der Waals surface area contributed by atoms with Crippen molar-refractivity contribution in [3.63, 3.8) is 0 Å². The molecular formula is C18H23FN2S. The maximum atomic E-state index is 14.0. The minimum Gasteiger partial charge on any atom is -0.308 e. The van der Waals surface area contributed by atoms with Gasteiger partial charge in [-0.2, -0.15) is 0 Å². The van der Waals surface area contributed by atoms with Gasteiger partial charge in [0.15, 0.2) is 0 Å². The summed E-state index contributed by atoms with van der Waals surface area (Å²) >= 11 is 1.67. The van der Waals surface area contributed by atoms with Crippen molar-refractivity contribution in [3.8, 4) is 11.3 Å².